The summed E-state index contributed by atoms with van der Waals surface area (Å²) in [5.74, 6) is 0.528. The molecule has 0 aliphatic heterocycles. The predicted molar refractivity (Wildman–Crippen MR) is 111 cm³/mol. The van der Waals surface area contributed by atoms with Gasteiger partial charge >= 0.3 is 6.18 Å². The van der Waals surface area contributed by atoms with E-state index < -0.39 is 27.1 Å². The molecule has 1 saturated carbocycles. The molecule has 2 heterocycles. The maximum atomic E-state index is 12.7. The van der Waals surface area contributed by atoms with Crippen LogP contribution in [0.15, 0.2) is 35.5 Å². The summed E-state index contributed by atoms with van der Waals surface area (Å²) in [6.07, 6.45) is -0.784. The molecular formula is C20H17ClF3N5O2S. The molecule has 0 spiro atoms. The number of nitriles is 1. The second kappa shape index (κ2) is 8.03. The number of alkyl halides is 3. The zero-order chi connectivity index (χ0) is 23.3. The molecule has 0 saturated heterocycles. The fourth-order valence-electron chi connectivity index (χ4n) is 3.36. The van der Waals surface area contributed by atoms with E-state index >= 15 is 0 Å². The second-order valence-corrected chi connectivity index (χ2v) is 9.83. The molecule has 0 amide bonds. The summed E-state index contributed by atoms with van der Waals surface area (Å²) in [4.78, 5) is 7.66. The van der Waals surface area contributed by atoms with Gasteiger partial charge in [-0.1, -0.05) is 11.6 Å². The van der Waals surface area contributed by atoms with Crippen LogP contribution in [-0.2, 0) is 16.6 Å². The minimum absolute atomic E-state index is 0.0948. The molecule has 4 rings (SSSR count). The van der Waals surface area contributed by atoms with Crippen molar-refractivity contribution in [2.75, 3.05) is 0 Å². The fourth-order valence-corrected chi connectivity index (χ4v) is 4.65. The van der Waals surface area contributed by atoms with Gasteiger partial charge in [-0.2, -0.15) is 23.2 Å². The summed E-state index contributed by atoms with van der Waals surface area (Å²) in [7, 11) is -4.49. The summed E-state index contributed by atoms with van der Waals surface area (Å²) >= 11 is 6.16. The van der Waals surface area contributed by atoms with Crippen LogP contribution in [-0.4, -0.2) is 35.2 Å². The normalized spacial score (nSPS) is 15.6. The molecule has 1 aromatic carbocycles. The third-order valence-corrected chi connectivity index (χ3v) is 6.98. The van der Waals surface area contributed by atoms with Crippen molar-refractivity contribution in [1.82, 2.24) is 19.3 Å². The molecule has 12 heteroatoms. The first-order chi connectivity index (χ1) is 15.0. The lowest BCUT2D eigenvalue weighted by Crippen LogP contribution is -2.43. The Hall–Kier alpha value is -2.68. The first kappa shape index (κ1) is 22.5. The van der Waals surface area contributed by atoms with Crippen LogP contribution >= 0.6 is 11.6 Å². The van der Waals surface area contributed by atoms with Crippen molar-refractivity contribution >= 4 is 32.5 Å². The lowest BCUT2D eigenvalue weighted by Gasteiger charge is -2.17. The third-order valence-electron chi connectivity index (χ3n) is 5.25. The molecule has 3 aromatic rings. The Morgan fingerprint density at radius 2 is 1.97 bits per heavy atom. The number of aromatic nitrogens is 3. The van der Waals surface area contributed by atoms with E-state index in [9.17, 15) is 26.9 Å². The van der Waals surface area contributed by atoms with Crippen molar-refractivity contribution < 1.29 is 21.6 Å². The van der Waals surface area contributed by atoms with Crippen LogP contribution in [0.25, 0.3) is 22.4 Å². The number of hydrogen-bond donors (Lipinski definition) is 1. The Labute approximate surface area is 186 Å². The minimum Gasteiger partial charge on any atom is -0.336 e. The topological polar surface area (TPSA) is 101 Å². The van der Waals surface area contributed by atoms with Gasteiger partial charge in [0.15, 0.2) is 5.82 Å². The number of fused-ring (bicyclic) bond motifs is 1. The van der Waals surface area contributed by atoms with Gasteiger partial charge in [-0.25, -0.2) is 18.4 Å². The Balaban J connectivity index is 1.78. The van der Waals surface area contributed by atoms with Crippen molar-refractivity contribution in [3.8, 4) is 17.6 Å². The first-order valence-corrected chi connectivity index (χ1v) is 11.5. The van der Waals surface area contributed by atoms with Crippen LogP contribution in [0.3, 0.4) is 0 Å². The van der Waals surface area contributed by atoms with Crippen molar-refractivity contribution in [3.63, 3.8) is 0 Å². The van der Waals surface area contributed by atoms with Crippen molar-refractivity contribution in [2.24, 2.45) is 5.92 Å². The van der Waals surface area contributed by atoms with E-state index in [1.54, 1.807) is 22.9 Å². The number of sulfonamides is 1. The molecule has 7 nitrogen and oxygen atoms in total. The van der Waals surface area contributed by atoms with Crippen LogP contribution in [0.5, 0.6) is 0 Å². The van der Waals surface area contributed by atoms with Gasteiger partial charge in [0.2, 0.25) is 10.0 Å². The van der Waals surface area contributed by atoms with E-state index in [0.29, 0.717) is 41.1 Å². The van der Waals surface area contributed by atoms with Crippen LogP contribution in [0.4, 0.5) is 13.2 Å². The Kier molecular flexibility index (Phi) is 5.65. The van der Waals surface area contributed by atoms with Crippen molar-refractivity contribution in [1.29, 1.82) is 5.26 Å². The van der Waals surface area contributed by atoms with Gasteiger partial charge < -0.3 is 4.57 Å². The zero-order valence-electron chi connectivity index (χ0n) is 16.7. The van der Waals surface area contributed by atoms with E-state index in [4.69, 9.17) is 11.6 Å². The van der Waals surface area contributed by atoms with Crippen molar-refractivity contribution in [3.05, 3.63) is 41.2 Å². The lowest BCUT2D eigenvalue weighted by atomic mass is 10.1. The standard InChI is InChI=1S/C20H17ClF3N5O2S/c1-11(20(22,23)24)28-32(30,31)14-8-26-19(27-9-14)18-16(7-25)15-5-4-13(21)6-17(15)29(18)10-12-2-3-12/h4-6,8-9,11-12,28H,2-3,10H2,1H3/t11-/m0/s1. The molecule has 0 bridgehead atoms. The molecule has 0 radical (unpaired) electrons. The zero-order valence-corrected chi connectivity index (χ0v) is 18.3. The minimum atomic E-state index is -4.74. The highest BCUT2D eigenvalue weighted by Gasteiger charge is 2.39. The van der Waals surface area contributed by atoms with Crippen LogP contribution in [0, 0.1) is 17.2 Å². The molecule has 2 aromatic heterocycles. The van der Waals surface area contributed by atoms with E-state index in [0.717, 1.165) is 30.8 Å². The van der Waals surface area contributed by atoms with Gasteiger partial charge in [-0.15, -0.1) is 0 Å². The highest BCUT2D eigenvalue weighted by atomic mass is 35.5. The predicted octanol–water partition coefficient (Wildman–Crippen LogP) is 4.26. The Bertz CT molecular complexity index is 1330. The number of benzene rings is 1. The smallest absolute Gasteiger partial charge is 0.336 e. The molecule has 0 unspecified atom stereocenters. The van der Waals surface area contributed by atoms with Crippen molar-refractivity contribution in [2.45, 2.75) is 43.4 Å². The Morgan fingerprint density at radius 3 is 2.53 bits per heavy atom. The summed E-state index contributed by atoms with van der Waals surface area (Å²) < 4.78 is 66.3. The highest BCUT2D eigenvalue weighted by Crippen LogP contribution is 2.38. The quantitative estimate of drug-likeness (QED) is 0.564. The van der Waals surface area contributed by atoms with Gasteiger partial charge in [0.05, 0.1) is 23.5 Å². The maximum Gasteiger partial charge on any atom is 0.404 e. The number of rotatable bonds is 6. The van der Waals surface area contributed by atoms with Crippen LogP contribution in [0.1, 0.15) is 25.3 Å². The fraction of sp³-hybridized carbons (Fsp3) is 0.350. The van der Waals surface area contributed by atoms with E-state index in [-0.39, 0.29) is 5.82 Å². The molecule has 1 fully saturated rings. The van der Waals surface area contributed by atoms with Gasteiger partial charge in [0, 0.05) is 17.0 Å². The third kappa shape index (κ3) is 4.30. The average molecular weight is 484 g/mol. The van der Waals surface area contributed by atoms with Crippen LogP contribution < -0.4 is 4.72 Å². The van der Waals surface area contributed by atoms with Gasteiger partial charge in [-0.3, -0.25) is 0 Å². The molecule has 1 aliphatic carbocycles. The summed E-state index contributed by atoms with van der Waals surface area (Å²) in [5, 5.41) is 11.0. The van der Waals surface area contributed by atoms with Gasteiger partial charge in [-0.05, 0) is 43.9 Å². The molecule has 1 aliphatic rings. The molecule has 32 heavy (non-hydrogen) atoms. The molecule has 1 N–H and O–H groups in total. The first-order valence-electron chi connectivity index (χ1n) is 9.64. The second-order valence-electron chi connectivity index (χ2n) is 7.68. The number of halogens is 4. The summed E-state index contributed by atoms with van der Waals surface area (Å²) in [5.41, 5.74) is 1.46. The number of nitrogens with one attached hydrogen (secondary N) is 1. The average Bonchev–Trinajstić information content (AvgIpc) is 3.49. The number of nitrogens with zero attached hydrogens (tertiary/aromatic N) is 4. The van der Waals surface area contributed by atoms with Gasteiger partial charge in [0.1, 0.15) is 22.7 Å². The number of hydrogen-bond acceptors (Lipinski definition) is 5. The van der Waals surface area contributed by atoms with E-state index in [1.807, 2.05) is 4.57 Å². The SMILES string of the molecule is C[C@H](NS(=O)(=O)c1cnc(-c2c(C#N)c3ccc(Cl)cc3n2CC2CC2)nc1)C(F)(F)F. The molecule has 168 valence electrons. The van der Waals surface area contributed by atoms with Crippen LogP contribution in [0.2, 0.25) is 5.02 Å². The maximum absolute atomic E-state index is 12.7. The lowest BCUT2D eigenvalue weighted by molar-refractivity contribution is -0.147. The van der Waals surface area contributed by atoms with E-state index in [1.165, 1.54) is 0 Å². The summed E-state index contributed by atoms with van der Waals surface area (Å²) in [6, 6.07) is 5.02. The Morgan fingerprint density at radius 1 is 1.31 bits per heavy atom. The van der Waals surface area contributed by atoms with Gasteiger partial charge in [0.25, 0.3) is 0 Å². The largest absolute Gasteiger partial charge is 0.404 e. The molecular weight excluding hydrogens is 467 g/mol. The monoisotopic (exact) mass is 483 g/mol. The summed E-state index contributed by atoms with van der Waals surface area (Å²) in [6.45, 7) is 1.31. The molecule has 1 atom stereocenters. The highest BCUT2D eigenvalue weighted by molar-refractivity contribution is 7.89. The van der Waals surface area contributed by atoms with E-state index in [2.05, 4.69) is 16.0 Å².